The summed E-state index contributed by atoms with van der Waals surface area (Å²) < 4.78 is 0.918. The van der Waals surface area contributed by atoms with E-state index in [1.54, 1.807) is 11.8 Å². The van der Waals surface area contributed by atoms with Crippen molar-refractivity contribution in [2.24, 2.45) is 0 Å². The summed E-state index contributed by atoms with van der Waals surface area (Å²) >= 11 is 6.53. The summed E-state index contributed by atoms with van der Waals surface area (Å²) in [4.78, 5) is 0. The van der Waals surface area contributed by atoms with E-state index in [-0.39, 0.29) is 0 Å². The van der Waals surface area contributed by atoms with E-state index in [0.717, 1.165) is 9.89 Å². The van der Waals surface area contributed by atoms with Crippen LogP contribution in [0.15, 0.2) is 11.8 Å². The quantitative estimate of drug-likeness (QED) is 0.490. The van der Waals surface area contributed by atoms with Crippen molar-refractivity contribution in [2.45, 2.75) is 6.92 Å². The largest absolute Gasteiger partial charge is 0.392 e. The molecule has 0 saturated heterocycles. The van der Waals surface area contributed by atoms with Gasteiger partial charge in [0.05, 0.1) is 4.20 Å². The van der Waals surface area contributed by atoms with Crippen molar-refractivity contribution in [1.82, 2.24) is 5.32 Å². The first kappa shape index (κ1) is 8.98. The zero-order valence-corrected chi connectivity index (χ0v) is 7.53. The number of thiocarbonyl (C=S) groups is 1. The van der Waals surface area contributed by atoms with Gasteiger partial charge in [-0.15, -0.1) is 11.8 Å². The average Bonchev–Trinajstić information content (AvgIpc) is 1.87. The Kier molecular flexibility index (Phi) is 4.81. The fraction of sp³-hybridized carbons (Fsp3) is 0.500. The van der Waals surface area contributed by atoms with Crippen LogP contribution in [0.1, 0.15) is 6.92 Å². The van der Waals surface area contributed by atoms with E-state index < -0.39 is 0 Å². The van der Waals surface area contributed by atoms with Crippen LogP contribution < -0.4 is 5.32 Å². The van der Waals surface area contributed by atoms with Crippen LogP contribution in [0, 0.1) is 0 Å². The van der Waals surface area contributed by atoms with E-state index in [1.165, 1.54) is 0 Å². The maximum Gasteiger partial charge on any atom is 0.0720 e. The van der Waals surface area contributed by atoms with Crippen LogP contribution in [-0.2, 0) is 0 Å². The van der Waals surface area contributed by atoms with Gasteiger partial charge in [-0.3, -0.25) is 0 Å². The molecule has 0 atom stereocenters. The van der Waals surface area contributed by atoms with Crippen molar-refractivity contribution in [3.63, 3.8) is 0 Å². The van der Waals surface area contributed by atoms with Gasteiger partial charge < -0.3 is 5.32 Å². The second-order valence-corrected chi connectivity index (χ2v) is 3.15. The van der Waals surface area contributed by atoms with E-state index in [9.17, 15) is 0 Å². The number of hydrogen-bond acceptors (Lipinski definition) is 3. The zero-order chi connectivity index (χ0) is 7.28. The lowest BCUT2D eigenvalue weighted by molar-refractivity contribution is 0.994. The Hall–Kier alpha value is -0.0200. The predicted octanol–water partition coefficient (Wildman–Crippen LogP) is 1.80. The minimum absolute atomic E-state index is 0.918. The molecule has 3 heteroatoms. The van der Waals surface area contributed by atoms with Gasteiger partial charge in [0.15, 0.2) is 0 Å². The molecule has 0 amide bonds. The molecule has 0 rings (SSSR count). The van der Waals surface area contributed by atoms with Crippen molar-refractivity contribution in [1.29, 1.82) is 0 Å². The van der Waals surface area contributed by atoms with Crippen LogP contribution in [0.25, 0.3) is 0 Å². The van der Waals surface area contributed by atoms with Crippen LogP contribution in [0.4, 0.5) is 0 Å². The Balaban J connectivity index is 3.79. The summed E-state index contributed by atoms with van der Waals surface area (Å²) in [6.45, 7) is 1.99. The Morgan fingerprint density at radius 1 is 1.67 bits per heavy atom. The fourth-order valence-electron chi connectivity index (χ4n) is 0.308. The molecule has 52 valence electrons. The molecule has 1 N–H and O–H groups in total. The second kappa shape index (κ2) is 4.82. The van der Waals surface area contributed by atoms with Crippen molar-refractivity contribution >= 4 is 28.2 Å². The maximum atomic E-state index is 4.94. The van der Waals surface area contributed by atoms with Crippen LogP contribution in [0.3, 0.4) is 0 Å². The van der Waals surface area contributed by atoms with Crippen LogP contribution >= 0.6 is 24.0 Å². The third kappa shape index (κ3) is 4.48. The molecule has 0 saturated carbocycles. The molecule has 0 aromatic rings. The Morgan fingerprint density at radius 3 is 2.56 bits per heavy atom. The molecule has 0 radical (unpaired) electrons. The number of hydrogen-bond donors (Lipinski definition) is 1. The molecule has 0 spiro atoms. The highest BCUT2D eigenvalue weighted by molar-refractivity contribution is 8.23. The van der Waals surface area contributed by atoms with E-state index in [2.05, 4.69) is 5.32 Å². The third-order valence-corrected chi connectivity index (χ3v) is 2.07. The number of thioether (sulfide) groups is 1. The van der Waals surface area contributed by atoms with Gasteiger partial charge >= 0.3 is 0 Å². The summed E-state index contributed by atoms with van der Waals surface area (Å²) in [7, 11) is 1.88. The number of nitrogens with one attached hydrogen (secondary N) is 1. The molecule has 0 bridgehead atoms. The van der Waals surface area contributed by atoms with Crippen molar-refractivity contribution in [3.8, 4) is 0 Å². The normalized spacial score (nSPS) is 11.2. The molecule has 9 heavy (non-hydrogen) atoms. The molecule has 0 aromatic heterocycles. The minimum atomic E-state index is 0.918. The maximum absolute atomic E-state index is 4.94. The van der Waals surface area contributed by atoms with Gasteiger partial charge in [-0.2, -0.15) is 0 Å². The highest BCUT2D eigenvalue weighted by Gasteiger charge is 1.86. The molecular weight excluding hydrogens is 150 g/mol. The summed E-state index contributed by atoms with van der Waals surface area (Å²) in [5, 5.41) is 2.99. The second-order valence-electron chi connectivity index (χ2n) is 1.60. The van der Waals surface area contributed by atoms with Gasteiger partial charge in [0.2, 0.25) is 0 Å². The first-order valence-corrected chi connectivity index (χ1v) is 4.28. The summed E-state index contributed by atoms with van der Waals surface area (Å²) in [6.07, 6.45) is 3.92. The first-order valence-electron chi connectivity index (χ1n) is 2.64. The molecule has 0 unspecified atom stereocenters. The molecule has 0 aliphatic heterocycles. The van der Waals surface area contributed by atoms with Gasteiger partial charge in [0.1, 0.15) is 0 Å². The summed E-state index contributed by atoms with van der Waals surface area (Å²) in [6, 6.07) is 0. The van der Waals surface area contributed by atoms with Crippen molar-refractivity contribution < 1.29 is 0 Å². The highest BCUT2D eigenvalue weighted by Crippen LogP contribution is 2.00. The SMILES string of the molecule is CN/C(C)=C\C(=S)SC. The van der Waals surface area contributed by atoms with E-state index in [0.29, 0.717) is 0 Å². The van der Waals surface area contributed by atoms with Crippen molar-refractivity contribution in [2.75, 3.05) is 13.3 Å². The highest BCUT2D eigenvalue weighted by atomic mass is 32.2. The van der Waals surface area contributed by atoms with Crippen LogP contribution in [-0.4, -0.2) is 17.5 Å². The molecule has 0 heterocycles. The van der Waals surface area contributed by atoms with E-state index in [4.69, 9.17) is 12.2 Å². The number of rotatable bonds is 2. The van der Waals surface area contributed by atoms with Gasteiger partial charge in [-0.05, 0) is 19.3 Å². The molecule has 0 aromatic carbocycles. The van der Waals surface area contributed by atoms with Gasteiger partial charge in [-0.25, -0.2) is 0 Å². The van der Waals surface area contributed by atoms with Crippen LogP contribution in [0.5, 0.6) is 0 Å². The van der Waals surface area contributed by atoms with E-state index in [1.807, 2.05) is 26.3 Å². The van der Waals surface area contributed by atoms with Gasteiger partial charge in [-0.1, -0.05) is 12.2 Å². The summed E-state index contributed by atoms with van der Waals surface area (Å²) in [5.74, 6) is 0. The van der Waals surface area contributed by atoms with Gasteiger partial charge in [0, 0.05) is 12.7 Å². The molecule has 0 fully saturated rings. The van der Waals surface area contributed by atoms with E-state index >= 15 is 0 Å². The molecular formula is C6H11NS2. The zero-order valence-electron chi connectivity index (χ0n) is 5.89. The predicted molar refractivity (Wildman–Crippen MR) is 48.9 cm³/mol. The lowest BCUT2D eigenvalue weighted by atomic mass is 10.5. The Morgan fingerprint density at radius 2 is 2.22 bits per heavy atom. The molecule has 1 nitrogen and oxygen atoms in total. The smallest absolute Gasteiger partial charge is 0.0720 e. The lowest BCUT2D eigenvalue weighted by Crippen LogP contribution is -2.02. The summed E-state index contributed by atoms with van der Waals surface area (Å²) in [5.41, 5.74) is 1.11. The fourth-order valence-corrected chi connectivity index (χ4v) is 0.779. The third-order valence-electron chi connectivity index (χ3n) is 0.930. The van der Waals surface area contributed by atoms with Crippen molar-refractivity contribution in [3.05, 3.63) is 11.8 Å². The molecule has 0 aliphatic rings. The Labute approximate surface area is 65.9 Å². The number of allylic oxidation sites excluding steroid dienone is 1. The standard InChI is InChI=1S/C6H11NS2/c1-5(7-2)4-6(8)9-3/h4,7H,1-3H3/b5-4-. The monoisotopic (exact) mass is 161 g/mol. The van der Waals surface area contributed by atoms with Crippen LogP contribution in [0.2, 0.25) is 0 Å². The minimum Gasteiger partial charge on any atom is -0.392 e. The lowest BCUT2D eigenvalue weighted by Gasteiger charge is -1.96. The first-order chi connectivity index (χ1) is 4.20. The molecule has 0 aliphatic carbocycles. The van der Waals surface area contributed by atoms with Gasteiger partial charge in [0.25, 0.3) is 0 Å². The topological polar surface area (TPSA) is 12.0 Å². The Bertz CT molecular complexity index is 129. The average molecular weight is 161 g/mol.